The van der Waals surface area contributed by atoms with E-state index in [0.717, 1.165) is 6.42 Å². The molecule has 0 aromatic carbocycles. The average molecular weight is 202 g/mol. The third kappa shape index (κ3) is 1.29. The van der Waals surface area contributed by atoms with Crippen molar-refractivity contribution >= 4 is 0 Å². The van der Waals surface area contributed by atoms with E-state index in [1.165, 1.54) is 0 Å². The van der Waals surface area contributed by atoms with Crippen LogP contribution in [-0.2, 0) is 14.2 Å². The van der Waals surface area contributed by atoms with E-state index in [1.807, 2.05) is 6.92 Å². The van der Waals surface area contributed by atoms with Gasteiger partial charge in [0, 0.05) is 13.0 Å². The Morgan fingerprint density at radius 1 is 1.50 bits per heavy atom. The van der Waals surface area contributed by atoms with Gasteiger partial charge in [-0.3, -0.25) is 0 Å². The van der Waals surface area contributed by atoms with E-state index >= 15 is 0 Å². The van der Waals surface area contributed by atoms with Gasteiger partial charge in [0.15, 0.2) is 0 Å². The Balaban J connectivity index is 2.18. The molecule has 4 atom stereocenters. The van der Waals surface area contributed by atoms with Gasteiger partial charge in [-0.1, -0.05) is 6.92 Å². The average Bonchev–Trinajstić information content (AvgIpc) is 2.42. The molecule has 0 aliphatic carbocycles. The fraction of sp³-hybridized carbons (Fsp3) is 1.00. The number of ether oxygens (including phenoxy) is 3. The number of aliphatic hydroxyl groups excluding tert-OH is 1. The van der Waals surface area contributed by atoms with Gasteiger partial charge in [0.1, 0.15) is 17.8 Å². The normalized spacial score (nSPS) is 46.9. The van der Waals surface area contributed by atoms with Gasteiger partial charge in [-0.25, -0.2) is 0 Å². The molecule has 0 amide bonds. The summed E-state index contributed by atoms with van der Waals surface area (Å²) in [5.41, 5.74) is -0.432. The van der Waals surface area contributed by atoms with Crippen molar-refractivity contribution in [2.45, 2.75) is 31.2 Å². The van der Waals surface area contributed by atoms with Crippen LogP contribution in [0.2, 0.25) is 0 Å². The van der Waals surface area contributed by atoms with Crippen molar-refractivity contribution in [3.63, 3.8) is 0 Å². The van der Waals surface area contributed by atoms with Gasteiger partial charge >= 0.3 is 0 Å². The Morgan fingerprint density at radius 2 is 2.29 bits per heavy atom. The van der Waals surface area contributed by atoms with Gasteiger partial charge in [0.05, 0.1) is 19.8 Å². The standard InChI is InChI=1S/C10H18O4/c1-3-10-7(4-12-2)5-13-8(6-14-10)9(10)11/h7-9,11H,3-6H2,1-2H3/t7-,8+,9+,10+/m1/s1. The first kappa shape index (κ1) is 10.4. The predicted molar refractivity (Wildman–Crippen MR) is 50.1 cm³/mol. The van der Waals surface area contributed by atoms with E-state index in [0.29, 0.717) is 19.8 Å². The Kier molecular flexibility index (Phi) is 2.79. The molecule has 2 aliphatic rings. The van der Waals surface area contributed by atoms with E-state index in [2.05, 4.69) is 0 Å². The summed E-state index contributed by atoms with van der Waals surface area (Å²) in [7, 11) is 1.66. The maximum Gasteiger partial charge on any atom is 0.112 e. The molecule has 14 heavy (non-hydrogen) atoms. The molecule has 2 heterocycles. The number of methoxy groups -OCH3 is 1. The van der Waals surface area contributed by atoms with Crippen molar-refractivity contribution < 1.29 is 19.3 Å². The second-order valence-electron chi connectivity index (χ2n) is 4.09. The fourth-order valence-corrected chi connectivity index (χ4v) is 2.60. The molecular weight excluding hydrogens is 184 g/mol. The molecule has 2 rings (SSSR count). The van der Waals surface area contributed by atoms with E-state index in [4.69, 9.17) is 14.2 Å². The van der Waals surface area contributed by atoms with Crippen molar-refractivity contribution in [1.82, 2.24) is 0 Å². The number of hydrogen-bond acceptors (Lipinski definition) is 4. The van der Waals surface area contributed by atoms with Crippen LogP contribution in [0.5, 0.6) is 0 Å². The molecule has 0 aromatic rings. The van der Waals surface area contributed by atoms with Crippen LogP contribution in [0, 0.1) is 5.92 Å². The van der Waals surface area contributed by atoms with Gasteiger partial charge in [0.2, 0.25) is 0 Å². The van der Waals surface area contributed by atoms with Crippen LogP contribution in [0.1, 0.15) is 13.3 Å². The SMILES string of the molecule is CC[C@]12OC[C@H](OC[C@H]1COC)[C@@H]2O. The maximum atomic E-state index is 10.1. The van der Waals surface area contributed by atoms with Gasteiger partial charge in [-0.2, -0.15) is 0 Å². The second-order valence-corrected chi connectivity index (χ2v) is 4.09. The Hall–Kier alpha value is -0.160. The van der Waals surface area contributed by atoms with E-state index in [1.54, 1.807) is 7.11 Å². The molecular formula is C10H18O4. The molecule has 82 valence electrons. The topological polar surface area (TPSA) is 47.9 Å². The molecule has 0 radical (unpaired) electrons. The minimum absolute atomic E-state index is 0.136. The molecule has 2 bridgehead atoms. The molecule has 4 nitrogen and oxygen atoms in total. The molecule has 0 aromatic heterocycles. The van der Waals surface area contributed by atoms with Crippen molar-refractivity contribution in [1.29, 1.82) is 0 Å². The molecule has 2 saturated heterocycles. The zero-order valence-electron chi connectivity index (χ0n) is 8.73. The van der Waals surface area contributed by atoms with Crippen LogP contribution >= 0.6 is 0 Å². The Morgan fingerprint density at radius 3 is 2.93 bits per heavy atom. The van der Waals surface area contributed by atoms with E-state index in [-0.39, 0.29) is 12.0 Å². The van der Waals surface area contributed by atoms with Gasteiger partial charge < -0.3 is 19.3 Å². The first-order chi connectivity index (χ1) is 6.74. The summed E-state index contributed by atoms with van der Waals surface area (Å²) in [5, 5.41) is 10.1. The summed E-state index contributed by atoms with van der Waals surface area (Å²) in [6, 6.07) is 0. The van der Waals surface area contributed by atoms with Crippen LogP contribution in [0.3, 0.4) is 0 Å². The highest BCUT2D eigenvalue weighted by atomic mass is 16.6. The summed E-state index contributed by atoms with van der Waals surface area (Å²) < 4.78 is 16.4. The second kappa shape index (κ2) is 3.77. The van der Waals surface area contributed by atoms with E-state index < -0.39 is 11.7 Å². The highest BCUT2D eigenvalue weighted by Gasteiger charge is 2.56. The zero-order chi connectivity index (χ0) is 10.2. The number of hydrogen-bond donors (Lipinski definition) is 1. The third-order valence-electron chi connectivity index (χ3n) is 3.49. The predicted octanol–water partition coefficient (Wildman–Crippen LogP) is 0.188. The molecule has 2 aliphatic heterocycles. The van der Waals surface area contributed by atoms with Crippen LogP contribution in [0.4, 0.5) is 0 Å². The smallest absolute Gasteiger partial charge is 0.112 e. The molecule has 4 heteroatoms. The molecule has 0 unspecified atom stereocenters. The quantitative estimate of drug-likeness (QED) is 0.709. The summed E-state index contributed by atoms with van der Waals surface area (Å²) in [6.07, 6.45) is 0.173. The third-order valence-corrected chi connectivity index (χ3v) is 3.49. The molecule has 1 N–H and O–H groups in total. The lowest BCUT2D eigenvalue weighted by atomic mass is 9.79. The largest absolute Gasteiger partial charge is 0.387 e. The van der Waals surface area contributed by atoms with Crippen LogP contribution in [0.15, 0.2) is 0 Å². The number of fused-ring (bicyclic) bond motifs is 2. The van der Waals surface area contributed by atoms with E-state index in [9.17, 15) is 5.11 Å². The van der Waals surface area contributed by atoms with Gasteiger partial charge in [-0.15, -0.1) is 0 Å². The zero-order valence-corrected chi connectivity index (χ0v) is 8.73. The minimum atomic E-state index is -0.499. The highest BCUT2D eigenvalue weighted by Crippen LogP contribution is 2.42. The summed E-state index contributed by atoms with van der Waals surface area (Å²) in [6.45, 7) is 3.76. The first-order valence-corrected chi connectivity index (χ1v) is 5.17. The van der Waals surface area contributed by atoms with Gasteiger partial charge in [-0.05, 0) is 6.42 Å². The number of rotatable bonds is 3. The summed E-state index contributed by atoms with van der Waals surface area (Å²) in [4.78, 5) is 0. The lowest BCUT2D eigenvalue weighted by molar-refractivity contribution is -0.169. The Bertz CT molecular complexity index is 208. The molecule has 0 spiro atoms. The minimum Gasteiger partial charge on any atom is -0.387 e. The van der Waals surface area contributed by atoms with Gasteiger partial charge in [0.25, 0.3) is 0 Å². The van der Waals surface area contributed by atoms with Crippen molar-refractivity contribution in [3.05, 3.63) is 0 Å². The molecule has 2 fully saturated rings. The van der Waals surface area contributed by atoms with Crippen molar-refractivity contribution in [2.24, 2.45) is 5.92 Å². The van der Waals surface area contributed by atoms with Crippen LogP contribution < -0.4 is 0 Å². The van der Waals surface area contributed by atoms with Crippen LogP contribution in [-0.4, -0.2) is 49.8 Å². The lowest BCUT2D eigenvalue weighted by Crippen LogP contribution is -2.56. The lowest BCUT2D eigenvalue weighted by Gasteiger charge is -2.41. The molecule has 0 saturated carbocycles. The van der Waals surface area contributed by atoms with Crippen LogP contribution in [0.25, 0.3) is 0 Å². The Labute approximate surface area is 84.1 Å². The van der Waals surface area contributed by atoms with Crippen molar-refractivity contribution in [3.8, 4) is 0 Å². The number of aliphatic hydroxyl groups is 1. The summed E-state index contributed by atoms with van der Waals surface area (Å²) >= 11 is 0. The fourth-order valence-electron chi connectivity index (χ4n) is 2.60. The summed E-state index contributed by atoms with van der Waals surface area (Å²) in [5.74, 6) is 0.145. The first-order valence-electron chi connectivity index (χ1n) is 5.17. The maximum absolute atomic E-state index is 10.1. The monoisotopic (exact) mass is 202 g/mol. The van der Waals surface area contributed by atoms with Crippen molar-refractivity contribution in [2.75, 3.05) is 26.9 Å². The highest BCUT2D eigenvalue weighted by molar-refractivity contribution is 5.04.